The van der Waals surface area contributed by atoms with Crippen molar-refractivity contribution >= 4 is 35.0 Å². The van der Waals surface area contributed by atoms with E-state index in [0.29, 0.717) is 29.1 Å². The van der Waals surface area contributed by atoms with E-state index in [-0.39, 0.29) is 0 Å². The third-order valence-electron chi connectivity index (χ3n) is 4.82. The van der Waals surface area contributed by atoms with Crippen molar-refractivity contribution in [2.75, 3.05) is 19.7 Å². The molecule has 0 aliphatic carbocycles. The molecule has 0 bridgehead atoms. The summed E-state index contributed by atoms with van der Waals surface area (Å²) in [5.41, 5.74) is 2.68. The van der Waals surface area contributed by atoms with E-state index in [1.807, 2.05) is 48.7 Å². The molecule has 0 amide bonds. The summed E-state index contributed by atoms with van der Waals surface area (Å²) in [6, 6.07) is 13.8. The number of piperidine rings is 1. The Hall–Kier alpha value is -2.01. The van der Waals surface area contributed by atoms with Gasteiger partial charge in [0.05, 0.1) is 6.61 Å². The first-order valence-electron chi connectivity index (χ1n) is 9.51. The van der Waals surface area contributed by atoms with Crippen molar-refractivity contribution in [2.45, 2.75) is 25.3 Å². The number of rotatable bonds is 8. The summed E-state index contributed by atoms with van der Waals surface area (Å²) < 4.78 is 5.90. The van der Waals surface area contributed by atoms with Gasteiger partial charge >= 0.3 is 0 Å². The number of hydrogen-bond donors (Lipinski definition) is 3. The molecule has 0 spiro atoms. The van der Waals surface area contributed by atoms with E-state index >= 15 is 0 Å². The van der Waals surface area contributed by atoms with Crippen molar-refractivity contribution in [1.29, 1.82) is 5.41 Å². The van der Waals surface area contributed by atoms with Crippen LogP contribution in [0.5, 0.6) is 5.75 Å². The summed E-state index contributed by atoms with van der Waals surface area (Å²) in [6.07, 6.45) is 6.13. The monoisotopic (exact) mass is 417 g/mol. The van der Waals surface area contributed by atoms with Gasteiger partial charge in [0, 0.05) is 40.5 Å². The van der Waals surface area contributed by atoms with E-state index in [4.69, 9.17) is 33.3 Å². The van der Waals surface area contributed by atoms with Gasteiger partial charge in [0.1, 0.15) is 5.75 Å². The summed E-state index contributed by atoms with van der Waals surface area (Å²) in [7, 11) is 0. The Morgan fingerprint density at radius 2 is 1.86 bits per heavy atom. The fraction of sp³-hybridized carbons (Fsp3) is 0.318. The summed E-state index contributed by atoms with van der Waals surface area (Å²) in [5.74, 6) is 0.760. The average Bonchev–Trinajstić information content (AvgIpc) is 2.72. The predicted octanol–water partition coefficient (Wildman–Crippen LogP) is 4.95. The number of ether oxygens (including phenoxy) is 1. The minimum Gasteiger partial charge on any atom is -0.493 e. The molecule has 3 N–H and O–H groups in total. The highest BCUT2D eigenvalue weighted by atomic mass is 35.5. The van der Waals surface area contributed by atoms with Crippen LogP contribution in [0, 0.1) is 5.41 Å². The lowest BCUT2D eigenvalue weighted by Crippen LogP contribution is -2.37. The topological polar surface area (TPSA) is 57.1 Å². The van der Waals surface area contributed by atoms with Gasteiger partial charge in [-0.3, -0.25) is 0 Å². The molecule has 148 valence electrons. The molecule has 1 saturated heterocycles. The molecule has 1 aliphatic heterocycles. The van der Waals surface area contributed by atoms with Crippen LogP contribution in [0.1, 0.15) is 24.0 Å². The van der Waals surface area contributed by atoms with Gasteiger partial charge in [-0.05, 0) is 61.3 Å². The summed E-state index contributed by atoms with van der Waals surface area (Å²) >= 11 is 12.4. The summed E-state index contributed by atoms with van der Waals surface area (Å²) in [4.78, 5) is 0. The van der Waals surface area contributed by atoms with E-state index in [1.54, 1.807) is 0 Å². The third kappa shape index (κ3) is 5.74. The fourth-order valence-corrected chi connectivity index (χ4v) is 3.80. The van der Waals surface area contributed by atoms with Gasteiger partial charge in [0.15, 0.2) is 0 Å². The maximum absolute atomic E-state index is 7.77. The van der Waals surface area contributed by atoms with Gasteiger partial charge in [-0.25, -0.2) is 0 Å². The predicted molar refractivity (Wildman–Crippen MR) is 118 cm³/mol. The molecule has 0 aromatic heterocycles. The van der Waals surface area contributed by atoms with E-state index in [2.05, 4.69) is 10.6 Å². The van der Waals surface area contributed by atoms with Gasteiger partial charge in [0.25, 0.3) is 0 Å². The van der Waals surface area contributed by atoms with Crippen LogP contribution in [0.15, 0.2) is 48.7 Å². The van der Waals surface area contributed by atoms with Crippen molar-refractivity contribution in [3.63, 3.8) is 0 Å². The van der Waals surface area contributed by atoms with Crippen molar-refractivity contribution in [1.82, 2.24) is 10.6 Å². The van der Waals surface area contributed by atoms with Gasteiger partial charge in [-0.15, -0.1) is 0 Å². The molecule has 1 aliphatic rings. The number of allylic oxidation sites excluding steroid dienone is 1. The van der Waals surface area contributed by atoms with E-state index in [1.165, 1.54) is 6.21 Å². The highest BCUT2D eigenvalue weighted by molar-refractivity contribution is 6.35. The molecule has 0 radical (unpaired) electrons. The Morgan fingerprint density at radius 1 is 1.14 bits per heavy atom. The molecule has 0 unspecified atom stereocenters. The van der Waals surface area contributed by atoms with Crippen LogP contribution >= 0.6 is 23.2 Å². The lowest BCUT2D eigenvalue weighted by atomic mass is 10.1. The minimum atomic E-state index is 0.455. The molecule has 4 nitrogen and oxygen atoms in total. The summed E-state index contributed by atoms with van der Waals surface area (Å²) in [6.45, 7) is 2.54. The number of halogens is 2. The molecular formula is C22H25Cl2N3O. The maximum atomic E-state index is 7.77. The van der Waals surface area contributed by atoms with Gasteiger partial charge in [-0.2, -0.15) is 0 Å². The lowest BCUT2D eigenvalue weighted by molar-refractivity contribution is 0.322. The quantitative estimate of drug-likeness (QED) is 0.532. The number of hydrogen-bond acceptors (Lipinski definition) is 4. The van der Waals surface area contributed by atoms with Gasteiger partial charge in [-0.1, -0.05) is 41.4 Å². The Kier molecular flexibility index (Phi) is 7.78. The zero-order chi connectivity index (χ0) is 19.8. The highest BCUT2D eigenvalue weighted by Crippen LogP contribution is 2.25. The van der Waals surface area contributed by atoms with Gasteiger partial charge in [0.2, 0.25) is 0 Å². The van der Waals surface area contributed by atoms with E-state index < -0.39 is 0 Å². The number of nitrogens with one attached hydrogen (secondary N) is 3. The molecule has 1 heterocycles. The van der Waals surface area contributed by atoms with Crippen molar-refractivity contribution in [3.05, 3.63) is 69.8 Å². The average molecular weight is 418 g/mol. The smallest absolute Gasteiger partial charge is 0.119 e. The molecule has 6 heteroatoms. The third-order valence-corrected chi connectivity index (χ3v) is 5.53. The molecule has 0 saturated carbocycles. The molecule has 2 aromatic carbocycles. The normalized spacial score (nSPS) is 15.3. The lowest BCUT2D eigenvalue weighted by Gasteiger charge is -2.23. The Morgan fingerprint density at radius 3 is 2.57 bits per heavy atom. The molecule has 28 heavy (non-hydrogen) atoms. The van der Waals surface area contributed by atoms with E-state index in [0.717, 1.165) is 48.4 Å². The van der Waals surface area contributed by atoms with Crippen LogP contribution in [-0.4, -0.2) is 32.0 Å². The van der Waals surface area contributed by atoms with Crippen molar-refractivity contribution in [2.24, 2.45) is 0 Å². The SMILES string of the molecule is N=C/C(=C\NC1CCNCC1)c1cccc(OCCc2c(Cl)cccc2Cl)c1. The summed E-state index contributed by atoms with van der Waals surface area (Å²) in [5, 5.41) is 15.9. The van der Waals surface area contributed by atoms with Crippen molar-refractivity contribution < 1.29 is 4.74 Å². The standard InChI is InChI=1S/C22H25Cl2N3O/c23-21-5-2-6-22(24)20(21)9-12-28-19-4-1-3-16(13-19)17(14-25)15-27-18-7-10-26-11-8-18/h1-6,13-15,18,25-27H,7-12H2/b17-15+,25-14?. The second-order valence-electron chi connectivity index (χ2n) is 6.76. The zero-order valence-electron chi connectivity index (χ0n) is 15.7. The van der Waals surface area contributed by atoms with Crippen LogP contribution in [0.25, 0.3) is 5.57 Å². The Balaban J connectivity index is 1.61. The van der Waals surface area contributed by atoms with Crippen LogP contribution < -0.4 is 15.4 Å². The Labute approximate surface area is 176 Å². The largest absolute Gasteiger partial charge is 0.493 e. The zero-order valence-corrected chi connectivity index (χ0v) is 17.2. The minimum absolute atomic E-state index is 0.455. The highest BCUT2D eigenvalue weighted by Gasteiger charge is 2.11. The van der Waals surface area contributed by atoms with Crippen LogP contribution in [-0.2, 0) is 6.42 Å². The first-order chi connectivity index (χ1) is 13.7. The fourth-order valence-electron chi connectivity index (χ4n) is 3.21. The first-order valence-corrected chi connectivity index (χ1v) is 10.3. The van der Waals surface area contributed by atoms with Crippen molar-refractivity contribution in [3.8, 4) is 5.75 Å². The molecule has 3 rings (SSSR count). The van der Waals surface area contributed by atoms with Crippen LogP contribution in [0.2, 0.25) is 10.0 Å². The molecule has 1 fully saturated rings. The Bertz CT molecular complexity index is 812. The number of benzene rings is 2. The molecule has 0 atom stereocenters. The molecular weight excluding hydrogens is 393 g/mol. The van der Waals surface area contributed by atoms with Crippen LogP contribution in [0.3, 0.4) is 0 Å². The van der Waals surface area contributed by atoms with Crippen LogP contribution in [0.4, 0.5) is 0 Å². The molecule has 2 aromatic rings. The van der Waals surface area contributed by atoms with E-state index in [9.17, 15) is 0 Å². The van der Waals surface area contributed by atoms with Gasteiger partial charge < -0.3 is 20.8 Å². The second kappa shape index (κ2) is 10.5. The maximum Gasteiger partial charge on any atom is 0.119 e. The second-order valence-corrected chi connectivity index (χ2v) is 7.58. The first kappa shape index (κ1) is 20.7.